The summed E-state index contributed by atoms with van der Waals surface area (Å²) in [6, 6.07) is 7.08. The third kappa shape index (κ3) is 3.06. The number of phenols is 1. The Morgan fingerprint density at radius 2 is 1.95 bits per heavy atom. The zero-order valence-corrected chi connectivity index (χ0v) is 11.4. The number of hydrogen-bond donors (Lipinski definition) is 3. The number of benzene rings is 2. The third-order valence-electron chi connectivity index (χ3n) is 2.75. The van der Waals surface area contributed by atoms with Crippen LogP contribution in [0.25, 0.3) is 10.8 Å². The lowest BCUT2D eigenvalue weighted by Gasteiger charge is -2.08. The summed E-state index contributed by atoms with van der Waals surface area (Å²) in [5, 5.41) is 13.6. The van der Waals surface area contributed by atoms with Gasteiger partial charge in [0.1, 0.15) is 11.5 Å². The molecule has 7 heteroatoms. The van der Waals surface area contributed by atoms with Gasteiger partial charge < -0.3 is 10.4 Å². The van der Waals surface area contributed by atoms with Gasteiger partial charge in [0, 0.05) is 17.1 Å². The Morgan fingerprint density at radius 3 is 2.55 bits per heavy atom. The van der Waals surface area contributed by atoms with Gasteiger partial charge in [-0.25, -0.2) is 0 Å². The van der Waals surface area contributed by atoms with Crippen molar-refractivity contribution in [1.82, 2.24) is 0 Å². The first kappa shape index (κ1) is 14.3. The van der Waals surface area contributed by atoms with Crippen molar-refractivity contribution < 1.29 is 22.9 Å². The second-order valence-corrected chi connectivity index (χ2v) is 5.83. The minimum absolute atomic E-state index is 0.0314. The van der Waals surface area contributed by atoms with Gasteiger partial charge in [0.15, 0.2) is 0 Å². The van der Waals surface area contributed by atoms with Crippen LogP contribution in [0.4, 0.5) is 5.69 Å². The number of fused-ring (bicyclic) bond motifs is 1. The molecular formula is C13H13NO5S. The lowest BCUT2D eigenvalue weighted by molar-refractivity contribution is -0.115. The number of phenolic OH excluding ortho intramolecular Hbond substituents is 1. The molecule has 0 aromatic heterocycles. The normalized spacial score (nSPS) is 11.5. The molecule has 0 amide bonds. The van der Waals surface area contributed by atoms with E-state index in [-0.39, 0.29) is 23.0 Å². The third-order valence-corrected chi connectivity index (χ3v) is 3.58. The summed E-state index contributed by atoms with van der Waals surface area (Å²) < 4.78 is 31.1. The number of aromatic hydroxyl groups is 1. The molecule has 0 saturated heterocycles. The van der Waals surface area contributed by atoms with Gasteiger partial charge in [-0.05, 0) is 30.5 Å². The van der Waals surface area contributed by atoms with Gasteiger partial charge in [-0.1, -0.05) is 6.07 Å². The van der Waals surface area contributed by atoms with Crippen LogP contribution in [-0.4, -0.2) is 30.4 Å². The van der Waals surface area contributed by atoms with Crippen LogP contribution in [0.1, 0.15) is 6.92 Å². The number of hydrogen-bond acceptors (Lipinski definition) is 5. The maximum absolute atomic E-state index is 11.1. The minimum atomic E-state index is -4.37. The average Bonchev–Trinajstić information content (AvgIpc) is 2.35. The quantitative estimate of drug-likeness (QED) is 0.743. The smallest absolute Gasteiger partial charge is 0.294 e. The number of anilines is 1. The summed E-state index contributed by atoms with van der Waals surface area (Å²) in [6.45, 7) is 1.61. The van der Waals surface area contributed by atoms with Crippen molar-refractivity contribution in [3.05, 3.63) is 30.3 Å². The van der Waals surface area contributed by atoms with Crippen LogP contribution in [0.15, 0.2) is 35.2 Å². The molecule has 106 valence electrons. The first-order chi connectivity index (χ1) is 9.27. The monoisotopic (exact) mass is 295 g/mol. The largest absolute Gasteiger partial charge is 0.507 e. The molecule has 6 nitrogen and oxygen atoms in total. The van der Waals surface area contributed by atoms with Crippen LogP contribution >= 0.6 is 0 Å². The van der Waals surface area contributed by atoms with E-state index in [1.54, 1.807) is 18.2 Å². The van der Waals surface area contributed by atoms with E-state index >= 15 is 0 Å². The van der Waals surface area contributed by atoms with E-state index in [4.69, 9.17) is 4.55 Å². The maximum atomic E-state index is 11.1. The summed E-state index contributed by atoms with van der Waals surface area (Å²) in [5.74, 6) is -0.294. The predicted molar refractivity (Wildman–Crippen MR) is 74.6 cm³/mol. The number of carbonyl (C=O) groups excluding carboxylic acids is 1. The van der Waals surface area contributed by atoms with Crippen LogP contribution < -0.4 is 5.32 Å². The Bertz CT molecular complexity index is 783. The first-order valence-corrected chi connectivity index (χ1v) is 7.19. The molecule has 0 radical (unpaired) electrons. The first-order valence-electron chi connectivity index (χ1n) is 5.75. The van der Waals surface area contributed by atoms with Crippen LogP contribution in [0.2, 0.25) is 0 Å². The fourth-order valence-corrected chi connectivity index (χ4v) is 2.33. The average molecular weight is 295 g/mol. The second-order valence-electron chi connectivity index (χ2n) is 4.41. The Morgan fingerprint density at radius 1 is 1.25 bits per heavy atom. The zero-order valence-electron chi connectivity index (χ0n) is 10.6. The second kappa shape index (κ2) is 5.10. The SMILES string of the molecule is CC(=O)CNc1ccc2cc(S(=O)(=O)O)cc(O)c2c1. The van der Waals surface area contributed by atoms with Crippen molar-refractivity contribution in [2.24, 2.45) is 0 Å². The van der Waals surface area contributed by atoms with Crippen molar-refractivity contribution in [2.75, 3.05) is 11.9 Å². The summed E-state index contributed by atoms with van der Waals surface area (Å²) >= 11 is 0. The van der Waals surface area contributed by atoms with Crippen LogP contribution in [0.5, 0.6) is 5.75 Å². The van der Waals surface area contributed by atoms with E-state index in [0.717, 1.165) is 6.07 Å². The highest BCUT2D eigenvalue weighted by molar-refractivity contribution is 7.85. The van der Waals surface area contributed by atoms with E-state index < -0.39 is 10.1 Å². The van der Waals surface area contributed by atoms with E-state index in [1.165, 1.54) is 13.0 Å². The molecular weight excluding hydrogens is 282 g/mol. The Hall–Kier alpha value is -2.12. The van der Waals surface area contributed by atoms with E-state index in [0.29, 0.717) is 16.5 Å². The molecule has 0 fully saturated rings. The van der Waals surface area contributed by atoms with Crippen LogP contribution in [0.3, 0.4) is 0 Å². The summed E-state index contributed by atoms with van der Waals surface area (Å²) in [5.41, 5.74) is 0.627. The molecule has 20 heavy (non-hydrogen) atoms. The van der Waals surface area contributed by atoms with Crippen molar-refractivity contribution >= 4 is 32.4 Å². The zero-order chi connectivity index (χ0) is 14.9. The number of ketones is 1. The molecule has 0 heterocycles. The van der Waals surface area contributed by atoms with Crippen molar-refractivity contribution in [1.29, 1.82) is 0 Å². The van der Waals surface area contributed by atoms with E-state index in [2.05, 4.69) is 5.32 Å². The van der Waals surface area contributed by atoms with Gasteiger partial charge in [-0.3, -0.25) is 9.35 Å². The topological polar surface area (TPSA) is 104 Å². The summed E-state index contributed by atoms with van der Waals surface area (Å²) in [4.78, 5) is 10.5. The van der Waals surface area contributed by atoms with Crippen molar-refractivity contribution in [3.63, 3.8) is 0 Å². The van der Waals surface area contributed by atoms with Gasteiger partial charge in [-0.15, -0.1) is 0 Å². The minimum Gasteiger partial charge on any atom is -0.507 e. The standard InChI is InChI=1S/C13H13NO5S/c1-8(15)7-14-10-3-2-9-4-11(20(17,18)19)6-13(16)12(9)5-10/h2-6,14,16H,7H2,1H3,(H,17,18,19). The van der Waals surface area contributed by atoms with Gasteiger partial charge in [0.2, 0.25) is 0 Å². The molecule has 0 bridgehead atoms. The molecule has 2 aromatic rings. The number of nitrogens with one attached hydrogen (secondary N) is 1. The Labute approximate surface area is 115 Å². The van der Waals surface area contributed by atoms with E-state index in [9.17, 15) is 18.3 Å². The molecule has 0 unspecified atom stereocenters. The lowest BCUT2D eigenvalue weighted by Crippen LogP contribution is -2.09. The number of Topliss-reactive ketones (excluding diaryl/α,β-unsaturated/α-hetero) is 1. The molecule has 3 N–H and O–H groups in total. The fraction of sp³-hybridized carbons (Fsp3) is 0.154. The molecule has 0 spiro atoms. The highest BCUT2D eigenvalue weighted by atomic mass is 32.2. The predicted octanol–water partition coefficient (Wildman–Crippen LogP) is 1.79. The van der Waals surface area contributed by atoms with Crippen LogP contribution in [-0.2, 0) is 14.9 Å². The van der Waals surface area contributed by atoms with Gasteiger partial charge in [0.05, 0.1) is 11.4 Å². The highest BCUT2D eigenvalue weighted by Gasteiger charge is 2.13. The molecule has 0 aliphatic heterocycles. The van der Waals surface area contributed by atoms with Gasteiger partial charge in [-0.2, -0.15) is 8.42 Å². The Kier molecular flexibility index (Phi) is 3.65. The summed E-state index contributed by atoms with van der Waals surface area (Å²) in [7, 11) is -4.37. The summed E-state index contributed by atoms with van der Waals surface area (Å²) in [6.07, 6.45) is 0. The van der Waals surface area contributed by atoms with Crippen molar-refractivity contribution in [2.45, 2.75) is 11.8 Å². The van der Waals surface area contributed by atoms with Gasteiger partial charge >= 0.3 is 0 Å². The molecule has 0 saturated carbocycles. The fourth-order valence-electron chi connectivity index (χ4n) is 1.80. The lowest BCUT2D eigenvalue weighted by atomic mass is 10.1. The van der Waals surface area contributed by atoms with Gasteiger partial charge in [0.25, 0.3) is 10.1 Å². The number of carbonyl (C=O) groups is 1. The molecule has 2 rings (SSSR count). The van der Waals surface area contributed by atoms with Crippen molar-refractivity contribution in [3.8, 4) is 5.75 Å². The maximum Gasteiger partial charge on any atom is 0.294 e. The molecule has 2 aromatic carbocycles. The Balaban J connectivity index is 2.49. The number of rotatable bonds is 4. The van der Waals surface area contributed by atoms with E-state index in [1.807, 2.05) is 0 Å². The molecule has 0 aliphatic carbocycles. The van der Waals surface area contributed by atoms with Crippen LogP contribution in [0, 0.1) is 0 Å². The molecule has 0 atom stereocenters. The highest BCUT2D eigenvalue weighted by Crippen LogP contribution is 2.30. The molecule has 0 aliphatic rings.